The normalized spacial score (nSPS) is 12.4. The highest BCUT2D eigenvalue weighted by Gasteiger charge is 2.07. The molecule has 3 heteroatoms. The Morgan fingerprint density at radius 3 is 2.36 bits per heavy atom. The lowest BCUT2D eigenvalue weighted by Crippen LogP contribution is -2.24. The van der Waals surface area contributed by atoms with Gasteiger partial charge in [0, 0.05) is 24.9 Å². The van der Waals surface area contributed by atoms with E-state index in [-0.39, 0.29) is 5.78 Å². The predicted molar refractivity (Wildman–Crippen MR) is 60.2 cm³/mol. The van der Waals surface area contributed by atoms with Crippen LogP contribution < -0.4 is 5.32 Å². The van der Waals surface area contributed by atoms with Gasteiger partial charge in [0.05, 0.1) is 0 Å². The van der Waals surface area contributed by atoms with Crippen LogP contribution in [0.4, 0.5) is 0 Å². The summed E-state index contributed by atoms with van der Waals surface area (Å²) in [4.78, 5) is 13.3. The number of allylic oxidation sites excluding steroid dienone is 1. The number of nitrogens with zero attached hydrogens (tertiary/aromatic N) is 1. The predicted octanol–water partition coefficient (Wildman–Crippen LogP) is 1.27. The molecule has 0 atom stereocenters. The fraction of sp³-hybridized carbons (Fsp3) is 0.727. The van der Waals surface area contributed by atoms with Gasteiger partial charge >= 0.3 is 0 Å². The first-order chi connectivity index (χ1) is 6.45. The summed E-state index contributed by atoms with van der Waals surface area (Å²) in [5, 5.41) is 3.15. The minimum absolute atomic E-state index is 0.150. The van der Waals surface area contributed by atoms with Gasteiger partial charge in [0.25, 0.3) is 0 Å². The molecule has 0 aliphatic carbocycles. The van der Waals surface area contributed by atoms with Crippen LogP contribution in [-0.4, -0.2) is 37.9 Å². The molecule has 0 amide bonds. The number of carbonyl (C=O) groups is 1. The fourth-order valence-electron chi connectivity index (χ4n) is 1.15. The molecular formula is C11H22N2O. The molecule has 0 unspecified atom stereocenters. The third-order valence-corrected chi connectivity index (χ3v) is 1.99. The number of Topliss-reactive ketones (excluding diaryl/α,β-unsaturated/α-hetero) is 1. The van der Waals surface area contributed by atoms with E-state index in [4.69, 9.17) is 0 Å². The van der Waals surface area contributed by atoms with Gasteiger partial charge in [0.1, 0.15) is 0 Å². The molecule has 0 saturated carbocycles. The maximum absolute atomic E-state index is 11.2. The van der Waals surface area contributed by atoms with E-state index in [1.165, 1.54) is 0 Å². The summed E-state index contributed by atoms with van der Waals surface area (Å²) in [6, 6.07) is 0. The highest BCUT2D eigenvalue weighted by molar-refractivity contribution is 5.93. The average Bonchev–Trinajstić information content (AvgIpc) is 2.01. The van der Waals surface area contributed by atoms with Crippen LogP contribution in [0.1, 0.15) is 20.8 Å². The minimum atomic E-state index is 0.150. The van der Waals surface area contributed by atoms with E-state index in [1.54, 1.807) is 6.92 Å². The Labute approximate surface area is 87.2 Å². The molecule has 0 fully saturated rings. The zero-order valence-corrected chi connectivity index (χ0v) is 9.92. The molecular weight excluding hydrogens is 176 g/mol. The summed E-state index contributed by atoms with van der Waals surface area (Å²) in [6.45, 7) is 7.51. The monoisotopic (exact) mass is 198 g/mol. The highest BCUT2D eigenvalue weighted by atomic mass is 16.1. The van der Waals surface area contributed by atoms with Gasteiger partial charge in [-0.15, -0.1) is 0 Å². The Morgan fingerprint density at radius 1 is 1.43 bits per heavy atom. The lowest BCUT2D eigenvalue weighted by Gasteiger charge is -2.11. The third kappa shape index (κ3) is 5.75. The average molecular weight is 198 g/mol. The Balaban J connectivity index is 3.99. The summed E-state index contributed by atoms with van der Waals surface area (Å²) in [5.41, 5.74) is 0.865. The molecule has 0 aromatic heterocycles. The summed E-state index contributed by atoms with van der Waals surface area (Å²) >= 11 is 0. The fourth-order valence-corrected chi connectivity index (χ4v) is 1.15. The molecule has 0 saturated heterocycles. The standard InChI is InChI=1S/C11H22N2O/c1-9(2)11(10(3)14)8-12-6-7-13(4)5/h8-9,12H,6-7H2,1-5H3/b11-8+. The SMILES string of the molecule is CC(=O)/C(=C/NCCN(C)C)C(C)C. The van der Waals surface area contributed by atoms with E-state index in [0.717, 1.165) is 18.7 Å². The topological polar surface area (TPSA) is 32.3 Å². The number of hydrogen-bond donors (Lipinski definition) is 1. The van der Waals surface area contributed by atoms with Crippen molar-refractivity contribution in [2.24, 2.45) is 5.92 Å². The molecule has 14 heavy (non-hydrogen) atoms. The molecule has 1 N–H and O–H groups in total. The summed E-state index contributed by atoms with van der Waals surface area (Å²) in [5.74, 6) is 0.441. The second-order valence-corrected chi connectivity index (χ2v) is 4.07. The van der Waals surface area contributed by atoms with Crippen LogP contribution in [0.5, 0.6) is 0 Å². The Bertz CT molecular complexity index is 207. The largest absolute Gasteiger partial charge is 0.389 e. The van der Waals surface area contributed by atoms with E-state index in [1.807, 2.05) is 34.1 Å². The highest BCUT2D eigenvalue weighted by Crippen LogP contribution is 2.08. The van der Waals surface area contributed by atoms with Crippen molar-refractivity contribution in [2.45, 2.75) is 20.8 Å². The molecule has 0 spiro atoms. The van der Waals surface area contributed by atoms with Crippen LogP contribution in [0.2, 0.25) is 0 Å². The quantitative estimate of drug-likeness (QED) is 0.515. The Kier molecular flexibility index (Phi) is 6.21. The van der Waals surface area contributed by atoms with Crippen LogP contribution in [0.15, 0.2) is 11.8 Å². The lowest BCUT2D eigenvalue weighted by molar-refractivity contribution is -0.114. The van der Waals surface area contributed by atoms with Gasteiger partial charge in [-0.2, -0.15) is 0 Å². The molecule has 0 heterocycles. The van der Waals surface area contributed by atoms with Crippen LogP contribution in [-0.2, 0) is 4.79 Å². The van der Waals surface area contributed by atoms with Gasteiger partial charge in [-0.1, -0.05) is 13.8 Å². The second-order valence-electron chi connectivity index (χ2n) is 4.07. The van der Waals surface area contributed by atoms with Crippen molar-refractivity contribution in [2.75, 3.05) is 27.2 Å². The summed E-state index contributed by atoms with van der Waals surface area (Å²) in [7, 11) is 4.06. The summed E-state index contributed by atoms with van der Waals surface area (Å²) < 4.78 is 0. The zero-order valence-electron chi connectivity index (χ0n) is 9.92. The van der Waals surface area contributed by atoms with Crippen molar-refractivity contribution in [1.82, 2.24) is 10.2 Å². The Morgan fingerprint density at radius 2 is 2.00 bits per heavy atom. The summed E-state index contributed by atoms with van der Waals surface area (Å²) in [6.07, 6.45) is 1.84. The number of nitrogens with one attached hydrogen (secondary N) is 1. The van der Waals surface area contributed by atoms with Crippen molar-refractivity contribution in [3.63, 3.8) is 0 Å². The van der Waals surface area contributed by atoms with Gasteiger partial charge in [0.2, 0.25) is 0 Å². The van der Waals surface area contributed by atoms with Crippen LogP contribution >= 0.6 is 0 Å². The molecule has 0 rings (SSSR count). The van der Waals surface area contributed by atoms with Gasteiger partial charge < -0.3 is 10.2 Å². The smallest absolute Gasteiger partial charge is 0.157 e. The van der Waals surface area contributed by atoms with Gasteiger partial charge in [-0.05, 0) is 26.9 Å². The van der Waals surface area contributed by atoms with Gasteiger partial charge in [0.15, 0.2) is 5.78 Å². The molecule has 0 bridgehead atoms. The van der Waals surface area contributed by atoms with Crippen molar-refractivity contribution < 1.29 is 4.79 Å². The van der Waals surface area contributed by atoms with Crippen molar-refractivity contribution in [1.29, 1.82) is 0 Å². The Hall–Kier alpha value is -0.830. The van der Waals surface area contributed by atoms with Gasteiger partial charge in [-0.25, -0.2) is 0 Å². The number of carbonyl (C=O) groups excluding carboxylic acids is 1. The van der Waals surface area contributed by atoms with E-state index in [0.29, 0.717) is 5.92 Å². The molecule has 3 nitrogen and oxygen atoms in total. The van der Waals surface area contributed by atoms with Crippen LogP contribution in [0, 0.1) is 5.92 Å². The maximum Gasteiger partial charge on any atom is 0.157 e. The maximum atomic E-state index is 11.2. The van der Waals surface area contributed by atoms with Crippen molar-refractivity contribution in [3.8, 4) is 0 Å². The van der Waals surface area contributed by atoms with E-state index in [9.17, 15) is 4.79 Å². The number of likely N-dealkylation sites (N-methyl/N-ethyl adjacent to an activating group) is 1. The number of ketones is 1. The molecule has 0 aromatic carbocycles. The number of rotatable bonds is 6. The van der Waals surface area contributed by atoms with E-state index >= 15 is 0 Å². The van der Waals surface area contributed by atoms with Gasteiger partial charge in [-0.3, -0.25) is 4.79 Å². The van der Waals surface area contributed by atoms with Crippen molar-refractivity contribution >= 4 is 5.78 Å². The molecule has 0 aliphatic rings. The molecule has 0 aliphatic heterocycles. The molecule has 0 aromatic rings. The molecule has 82 valence electrons. The first-order valence-corrected chi connectivity index (χ1v) is 5.04. The van der Waals surface area contributed by atoms with Crippen LogP contribution in [0.25, 0.3) is 0 Å². The minimum Gasteiger partial charge on any atom is -0.389 e. The lowest BCUT2D eigenvalue weighted by atomic mass is 10.0. The van der Waals surface area contributed by atoms with Crippen molar-refractivity contribution in [3.05, 3.63) is 11.8 Å². The first kappa shape index (κ1) is 13.2. The molecule has 0 radical (unpaired) electrons. The first-order valence-electron chi connectivity index (χ1n) is 5.04. The zero-order chi connectivity index (χ0) is 11.1. The number of hydrogen-bond acceptors (Lipinski definition) is 3. The third-order valence-electron chi connectivity index (χ3n) is 1.99. The van der Waals surface area contributed by atoms with E-state index < -0.39 is 0 Å². The van der Waals surface area contributed by atoms with Crippen LogP contribution in [0.3, 0.4) is 0 Å². The second kappa shape index (κ2) is 6.60. The van der Waals surface area contributed by atoms with E-state index in [2.05, 4.69) is 10.2 Å².